The van der Waals surface area contributed by atoms with Crippen molar-refractivity contribution in [2.24, 2.45) is 7.05 Å². The molecule has 1 aliphatic rings. The van der Waals surface area contributed by atoms with E-state index in [0.717, 1.165) is 18.9 Å². The maximum Gasteiger partial charge on any atom is 0.122 e. The molecule has 0 spiro atoms. The fraction of sp³-hybridized carbons (Fsp3) is 0.769. The summed E-state index contributed by atoms with van der Waals surface area (Å²) in [6.45, 7) is 7.79. The molecule has 0 bridgehead atoms. The van der Waals surface area contributed by atoms with Crippen LogP contribution in [-0.2, 0) is 13.6 Å². The summed E-state index contributed by atoms with van der Waals surface area (Å²) in [7, 11) is 2.07. The van der Waals surface area contributed by atoms with E-state index in [9.17, 15) is 0 Å². The first-order valence-corrected chi connectivity index (χ1v) is 6.61. The van der Waals surface area contributed by atoms with Gasteiger partial charge in [0.05, 0.1) is 6.54 Å². The second kappa shape index (κ2) is 5.65. The van der Waals surface area contributed by atoms with Gasteiger partial charge in [-0.25, -0.2) is 4.98 Å². The van der Waals surface area contributed by atoms with E-state index in [4.69, 9.17) is 0 Å². The van der Waals surface area contributed by atoms with Gasteiger partial charge in [-0.2, -0.15) is 0 Å². The van der Waals surface area contributed by atoms with Gasteiger partial charge in [0.25, 0.3) is 0 Å². The number of aromatic nitrogens is 2. The Morgan fingerprint density at radius 1 is 1.59 bits per heavy atom. The number of nitrogens with one attached hydrogen (secondary N) is 1. The van der Waals surface area contributed by atoms with Gasteiger partial charge < -0.3 is 9.88 Å². The lowest BCUT2D eigenvalue weighted by molar-refractivity contribution is 0.116. The molecule has 2 heterocycles. The van der Waals surface area contributed by atoms with E-state index in [0.29, 0.717) is 12.1 Å². The molecule has 1 saturated heterocycles. The third-order valence-corrected chi connectivity index (χ3v) is 3.65. The monoisotopic (exact) mass is 236 g/mol. The summed E-state index contributed by atoms with van der Waals surface area (Å²) in [6, 6.07) is 1.22. The first-order chi connectivity index (χ1) is 8.18. The summed E-state index contributed by atoms with van der Waals surface area (Å²) in [6.07, 6.45) is 6.49. The average molecular weight is 236 g/mol. The van der Waals surface area contributed by atoms with Gasteiger partial charge in [0, 0.05) is 38.1 Å². The molecule has 4 nitrogen and oxygen atoms in total. The topological polar surface area (TPSA) is 33.1 Å². The summed E-state index contributed by atoms with van der Waals surface area (Å²) in [5.74, 6) is 1.16. The van der Waals surface area contributed by atoms with Gasteiger partial charge in [-0.05, 0) is 33.2 Å². The highest BCUT2D eigenvalue weighted by Crippen LogP contribution is 2.16. The van der Waals surface area contributed by atoms with Crippen molar-refractivity contribution in [1.82, 2.24) is 19.8 Å². The zero-order chi connectivity index (χ0) is 12.3. The molecule has 0 radical (unpaired) electrons. The van der Waals surface area contributed by atoms with Gasteiger partial charge in [0.15, 0.2) is 0 Å². The summed E-state index contributed by atoms with van der Waals surface area (Å²) < 4.78 is 2.12. The van der Waals surface area contributed by atoms with Crippen LogP contribution in [0.2, 0.25) is 0 Å². The van der Waals surface area contributed by atoms with E-state index in [2.05, 4.69) is 40.7 Å². The molecule has 96 valence electrons. The third kappa shape index (κ3) is 3.07. The number of aryl methyl sites for hydroxylation is 1. The number of hydrogen-bond acceptors (Lipinski definition) is 3. The van der Waals surface area contributed by atoms with Crippen molar-refractivity contribution in [3.05, 3.63) is 18.2 Å². The Bertz CT molecular complexity index is 339. The number of hydrogen-bond donors (Lipinski definition) is 1. The highest BCUT2D eigenvalue weighted by molar-refractivity contribution is 4.93. The van der Waals surface area contributed by atoms with E-state index in [-0.39, 0.29) is 0 Å². The van der Waals surface area contributed by atoms with Gasteiger partial charge in [-0.15, -0.1) is 0 Å². The minimum absolute atomic E-state index is 0.566. The predicted molar refractivity (Wildman–Crippen MR) is 69.8 cm³/mol. The summed E-state index contributed by atoms with van der Waals surface area (Å²) in [5.41, 5.74) is 0. The molecule has 1 aromatic rings. The van der Waals surface area contributed by atoms with Crippen LogP contribution >= 0.6 is 0 Å². The smallest absolute Gasteiger partial charge is 0.122 e. The minimum Gasteiger partial charge on any atom is -0.337 e. The zero-order valence-corrected chi connectivity index (χ0v) is 11.2. The van der Waals surface area contributed by atoms with Crippen molar-refractivity contribution >= 4 is 0 Å². The van der Waals surface area contributed by atoms with Crippen LogP contribution in [0.25, 0.3) is 0 Å². The molecule has 2 rings (SSSR count). The second-order valence-corrected chi connectivity index (χ2v) is 5.22. The fourth-order valence-electron chi connectivity index (χ4n) is 2.56. The lowest BCUT2D eigenvalue weighted by Crippen LogP contribution is -2.48. The van der Waals surface area contributed by atoms with Crippen molar-refractivity contribution in [2.75, 3.05) is 13.1 Å². The average Bonchev–Trinajstić information content (AvgIpc) is 2.72. The lowest BCUT2D eigenvalue weighted by atomic mass is 10.0. The molecule has 0 amide bonds. The Morgan fingerprint density at radius 3 is 2.94 bits per heavy atom. The molecular formula is C13H24N4. The predicted octanol–water partition coefficient (Wildman–Crippen LogP) is 1.38. The van der Waals surface area contributed by atoms with Gasteiger partial charge in [0.1, 0.15) is 5.82 Å². The van der Waals surface area contributed by atoms with E-state index in [1.54, 1.807) is 0 Å². The first-order valence-electron chi connectivity index (χ1n) is 6.61. The summed E-state index contributed by atoms with van der Waals surface area (Å²) in [5, 5.41) is 3.50. The van der Waals surface area contributed by atoms with Crippen molar-refractivity contribution in [1.29, 1.82) is 0 Å². The molecule has 0 aromatic carbocycles. The van der Waals surface area contributed by atoms with Crippen LogP contribution in [0.3, 0.4) is 0 Å². The highest BCUT2D eigenvalue weighted by atomic mass is 15.2. The van der Waals surface area contributed by atoms with Crippen LogP contribution in [0.4, 0.5) is 0 Å². The van der Waals surface area contributed by atoms with Crippen LogP contribution in [-0.4, -0.2) is 39.6 Å². The lowest BCUT2D eigenvalue weighted by Gasteiger charge is -2.37. The van der Waals surface area contributed by atoms with Crippen molar-refractivity contribution < 1.29 is 0 Å². The van der Waals surface area contributed by atoms with E-state index in [1.807, 2.05) is 12.4 Å². The third-order valence-electron chi connectivity index (χ3n) is 3.65. The molecule has 1 aliphatic heterocycles. The number of piperidine rings is 1. The Hall–Kier alpha value is -0.870. The Labute approximate surface area is 104 Å². The molecule has 1 atom stereocenters. The van der Waals surface area contributed by atoms with Gasteiger partial charge in [-0.1, -0.05) is 0 Å². The molecule has 1 fully saturated rings. The number of rotatable bonds is 4. The van der Waals surface area contributed by atoms with Crippen molar-refractivity contribution in [3.8, 4) is 0 Å². The minimum atomic E-state index is 0.566. The Morgan fingerprint density at radius 2 is 2.41 bits per heavy atom. The van der Waals surface area contributed by atoms with Crippen LogP contribution in [0.15, 0.2) is 12.4 Å². The molecule has 17 heavy (non-hydrogen) atoms. The van der Waals surface area contributed by atoms with Gasteiger partial charge in [0.2, 0.25) is 0 Å². The van der Waals surface area contributed by atoms with Crippen LogP contribution in [0, 0.1) is 0 Å². The van der Waals surface area contributed by atoms with E-state index < -0.39 is 0 Å². The molecule has 1 N–H and O–H groups in total. The van der Waals surface area contributed by atoms with E-state index >= 15 is 0 Å². The number of nitrogens with zero attached hydrogens (tertiary/aromatic N) is 3. The Kier molecular flexibility index (Phi) is 4.18. The highest BCUT2D eigenvalue weighted by Gasteiger charge is 2.24. The zero-order valence-electron chi connectivity index (χ0n) is 11.2. The quantitative estimate of drug-likeness (QED) is 0.857. The van der Waals surface area contributed by atoms with Crippen molar-refractivity contribution in [2.45, 2.75) is 45.3 Å². The maximum absolute atomic E-state index is 4.43. The Balaban J connectivity index is 2.04. The standard InChI is InChI=1S/C13H24N4/c1-11(2)17(12-5-4-6-14-9-12)10-13-15-7-8-16(13)3/h7-8,11-12,14H,4-6,9-10H2,1-3H3/t12-/m1/s1. The molecule has 0 saturated carbocycles. The maximum atomic E-state index is 4.43. The fourth-order valence-corrected chi connectivity index (χ4v) is 2.56. The summed E-state index contributed by atoms with van der Waals surface area (Å²) >= 11 is 0. The normalized spacial score (nSPS) is 21.4. The van der Waals surface area contributed by atoms with E-state index in [1.165, 1.54) is 19.4 Å². The molecule has 4 heteroatoms. The number of imidazole rings is 1. The summed E-state index contributed by atoms with van der Waals surface area (Å²) in [4.78, 5) is 7.00. The molecule has 0 unspecified atom stereocenters. The van der Waals surface area contributed by atoms with Crippen LogP contribution < -0.4 is 5.32 Å². The molecule has 1 aromatic heterocycles. The van der Waals surface area contributed by atoms with Crippen molar-refractivity contribution in [3.63, 3.8) is 0 Å². The molecule has 0 aliphatic carbocycles. The second-order valence-electron chi connectivity index (χ2n) is 5.22. The van der Waals surface area contributed by atoms with Gasteiger partial charge >= 0.3 is 0 Å². The van der Waals surface area contributed by atoms with Crippen LogP contribution in [0.1, 0.15) is 32.5 Å². The van der Waals surface area contributed by atoms with Crippen LogP contribution in [0.5, 0.6) is 0 Å². The van der Waals surface area contributed by atoms with Gasteiger partial charge in [-0.3, -0.25) is 4.90 Å². The SMILES string of the molecule is CC(C)N(Cc1nccn1C)[C@@H]1CCCNC1. The largest absolute Gasteiger partial charge is 0.337 e. The first kappa shape index (κ1) is 12.6. The molecular weight excluding hydrogens is 212 g/mol.